The second-order valence-corrected chi connectivity index (χ2v) is 11.4. The Hall–Kier alpha value is -4.71. The van der Waals surface area contributed by atoms with Gasteiger partial charge < -0.3 is 10.1 Å². The molecular weight excluding hydrogens is 518 g/mol. The van der Waals surface area contributed by atoms with Crippen molar-refractivity contribution in [3.05, 3.63) is 98.6 Å². The van der Waals surface area contributed by atoms with Crippen molar-refractivity contribution in [1.82, 2.24) is 24.4 Å². The molecule has 1 aliphatic carbocycles. The summed E-state index contributed by atoms with van der Waals surface area (Å²) in [6.45, 7) is 7.33. The molecule has 210 valence electrons. The number of nitrogens with one attached hydrogen (secondary N) is 1. The van der Waals surface area contributed by atoms with Crippen LogP contribution in [0.3, 0.4) is 0 Å². The van der Waals surface area contributed by atoms with Crippen molar-refractivity contribution in [3.63, 3.8) is 0 Å². The third-order valence-electron chi connectivity index (χ3n) is 6.96. The Bertz CT molecular complexity index is 1770. The normalized spacial score (nSPS) is 17.0. The molecule has 3 aromatic heterocycles. The van der Waals surface area contributed by atoms with Crippen LogP contribution in [0.2, 0.25) is 0 Å². The molecular formula is C32H33N5O4. The van der Waals surface area contributed by atoms with Crippen LogP contribution in [-0.4, -0.2) is 36.8 Å². The van der Waals surface area contributed by atoms with Crippen molar-refractivity contribution in [2.24, 2.45) is 0 Å². The van der Waals surface area contributed by atoms with Gasteiger partial charge in [-0.05, 0) is 95.3 Å². The van der Waals surface area contributed by atoms with E-state index in [2.05, 4.69) is 27.1 Å². The van der Waals surface area contributed by atoms with E-state index >= 15 is 0 Å². The van der Waals surface area contributed by atoms with E-state index < -0.39 is 17.4 Å². The highest BCUT2D eigenvalue weighted by atomic mass is 16.6. The molecule has 5 rings (SSSR count). The third-order valence-corrected chi connectivity index (χ3v) is 6.96. The predicted octanol–water partition coefficient (Wildman–Crippen LogP) is 4.66. The van der Waals surface area contributed by atoms with Crippen LogP contribution in [0.25, 0.3) is 16.7 Å². The number of fused-ring (bicyclic) bond motifs is 1. The summed E-state index contributed by atoms with van der Waals surface area (Å²) in [5.41, 5.74) is 1.82. The monoisotopic (exact) mass is 551 g/mol. The average molecular weight is 552 g/mol. The van der Waals surface area contributed by atoms with Gasteiger partial charge in [-0.15, -0.1) is 0 Å². The molecule has 0 unspecified atom stereocenters. The van der Waals surface area contributed by atoms with Gasteiger partial charge in [0.2, 0.25) is 0 Å². The number of hydrogen-bond acceptors (Lipinski definition) is 6. The van der Waals surface area contributed by atoms with Gasteiger partial charge >= 0.3 is 11.8 Å². The fraction of sp³-hybridized carbons (Fsp3) is 0.344. The Morgan fingerprint density at radius 2 is 1.73 bits per heavy atom. The Balaban J connectivity index is 1.50. The van der Waals surface area contributed by atoms with E-state index in [0.29, 0.717) is 48.0 Å². The number of carbonyl (C=O) groups is 1. The molecule has 0 radical (unpaired) electrons. The molecule has 1 aromatic carbocycles. The summed E-state index contributed by atoms with van der Waals surface area (Å²) in [6, 6.07) is 12.4. The second kappa shape index (κ2) is 11.4. The summed E-state index contributed by atoms with van der Waals surface area (Å²) in [4.78, 5) is 48.6. The van der Waals surface area contributed by atoms with Crippen LogP contribution < -0.4 is 16.6 Å². The maximum Gasteiger partial charge on any atom is 0.407 e. The first kappa shape index (κ1) is 27.8. The van der Waals surface area contributed by atoms with Crippen molar-refractivity contribution >= 4 is 17.1 Å². The number of rotatable bonds is 3. The molecule has 0 aliphatic heterocycles. The van der Waals surface area contributed by atoms with E-state index in [1.165, 1.54) is 9.13 Å². The topological polar surface area (TPSA) is 108 Å². The Kier molecular flexibility index (Phi) is 7.75. The first-order valence-corrected chi connectivity index (χ1v) is 13.7. The van der Waals surface area contributed by atoms with E-state index in [1.54, 1.807) is 24.7 Å². The summed E-state index contributed by atoms with van der Waals surface area (Å²) in [6.07, 6.45) is 6.96. The highest BCUT2D eigenvalue weighted by Crippen LogP contribution is 2.28. The minimum absolute atomic E-state index is 0.0848. The molecule has 9 nitrogen and oxygen atoms in total. The Morgan fingerprint density at radius 3 is 2.44 bits per heavy atom. The molecule has 1 amide bonds. The highest BCUT2D eigenvalue weighted by molar-refractivity contribution is 5.76. The lowest BCUT2D eigenvalue weighted by Gasteiger charge is -2.31. The summed E-state index contributed by atoms with van der Waals surface area (Å²) in [5.74, 6) is 6.22. The quantitative estimate of drug-likeness (QED) is 0.371. The van der Waals surface area contributed by atoms with Gasteiger partial charge in [-0.2, -0.15) is 0 Å². The van der Waals surface area contributed by atoms with Crippen molar-refractivity contribution in [2.45, 2.75) is 71.1 Å². The fourth-order valence-corrected chi connectivity index (χ4v) is 5.12. The number of aromatic nitrogens is 4. The maximum atomic E-state index is 14.0. The number of benzene rings is 1. The molecule has 1 N–H and O–H groups in total. The van der Waals surface area contributed by atoms with Crippen LogP contribution in [0.15, 0.2) is 70.6 Å². The number of ether oxygens (including phenoxy) is 1. The van der Waals surface area contributed by atoms with Gasteiger partial charge in [-0.25, -0.2) is 19.1 Å². The van der Waals surface area contributed by atoms with Gasteiger partial charge in [0.1, 0.15) is 5.60 Å². The molecule has 3 heterocycles. The van der Waals surface area contributed by atoms with E-state index in [1.807, 2.05) is 64.1 Å². The molecule has 0 spiro atoms. The lowest BCUT2D eigenvalue weighted by molar-refractivity contribution is 0.0487. The summed E-state index contributed by atoms with van der Waals surface area (Å²) in [5, 5.41) is 3.30. The number of aryl methyl sites for hydroxylation is 1. The minimum atomic E-state index is -0.585. The third kappa shape index (κ3) is 6.38. The molecule has 1 saturated carbocycles. The Morgan fingerprint density at radius 1 is 1.00 bits per heavy atom. The van der Waals surface area contributed by atoms with Crippen molar-refractivity contribution in [3.8, 4) is 17.5 Å². The predicted molar refractivity (Wildman–Crippen MR) is 157 cm³/mol. The van der Waals surface area contributed by atoms with Crippen molar-refractivity contribution < 1.29 is 9.53 Å². The standard InChI is InChI=1S/C32H33N5O4/c1-21-17-27-28(34-19-21)36(26-9-5-7-22(18-26)10-11-23-8-6-16-33-20-23)31(40)37(29(27)38)25-14-12-24(13-15-25)35-30(39)41-32(2,3)4/h5-9,16-20,24-25H,12-15H2,1-4H3,(H,35,39). The van der Waals surface area contributed by atoms with Gasteiger partial charge in [0.15, 0.2) is 5.65 Å². The number of amides is 1. The van der Waals surface area contributed by atoms with Crippen LogP contribution in [0.5, 0.6) is 0 Å². The largest absolute Gasteiger partial charge is 0.444 e. The second-order valence-electron chi connectivity index (χ2n) is 11.4. The Labute approximate surface area is 238 Å². The first-order chi connectivity index (χ1) is 19.6. The maximum absolute atomic E-state index is 14.0. The lowest BCUT2D eigenvalue weighted by atomic mass is 9.91. The summed E-state index contributed by atoms with van der Waals surface area (Å²) >= 11 is 0. The van der Waals surface area contributed by atoms with Gasteiger partial charge in [-0.3, -0.25) is 14.3 Å². The first-order valence-electron chi connectivity index (χ1n) is 13.7. The zero-order valence-electron chi connectivity index (χ0n) is 23.7. The summed E-state index contributed by atoms with van der Waals surface area (Å²) in [7, 11) is 0. The minimum Gasteiger partial charge on any atom is -0.444 e. The van der Waals surface area contributed by atoms with Crippen LogP contribution in [0.4, 0.5) is 4.79 Å². The van der Waals surface area contributed by atoms with Gasteiger partial charge in [0, 0.05) is 41.8 Å². The number of hydrogen-bond donors (Lipinski definition) is 1. The van der Waals surface area contributed by atoms with E-state index in [-0.39, 0.29) is 17.6 Å². The van der Waals surface area contributed by atoms with Crippen LogP contribution in [-0.2, 0) is 4.74 Å². The molecule has 9 heteroatoms. The van der Waals surface area contributed by atoms with Gasteiger partial charge in [0.05, 0.1) is 11.1 Å². The zero-order chi connectivity index (χ0) is 29.1. The van der Waals surface area contributed by atoms with E-state index in [9.17, 15) is 14.4 Å². The number of alkyl carbamates (subject to hydrolysis) is 1. The molecule has 41 heavy (non-hydrogen) atoms. The molecule has 1 fully saturated rings. The smallest absolute Gasteiger partial charge is 0.407 e. The molecule has 0 saturated heterocycles. The molecule has 4 aromatic rings. The zero-order valence-corrected chi connectivity index (χ0v) is 23.7. The summed E-state index contributed by atoms with van der Waals surface area (Å²) < 4.78 is 8.25. The molecule has 0 bridgehead atoms. The van der Waals surface area contributed by atoms with Crippen molar-refractivity contribution in [2.75, 3.05) is 0 Å². The SMILES string of the molecule is Cc1cnc2c(c1)c(=O)n(C1CCC(NC(=O)OC(C)(C)C)CC1)c(=O)n2-c1cccc(C#Cc2cccnc2)c1. The number of nitrogens with zero attached hydrogens (tertiary/aromatic N) is 4. The van der Waals surface area contributed by atoms with E-state index in [4.69, 9.17) is 4.74 Å². The van der Waals surface area contributed by atoms with Crippen LogP contribution in [0.1, 0.15) is 69.2 Å². The average Bonchev–Trinajstić information content (AvgIpc) is 2.93. The van der Waals surface area contributed by atoms with Crippen LogP contribution >= 0.6 is 0 Å². The molecule has 0 atom stereocenters. The number of pyridine rings is 2. The molecule has 1 aliphatic rings. The highest BCUT2D eigenvalue weighted by Gasteiger charge is 2.29. The van der Waals surface area contributed by atoms with E-state index in [0.717, 1.165) is 11.1 Å². The van der Waals surface area contributed by atoms with Crippen molar-refractivity contribution in [1.29, 1.82) is 0 Å². The van der Waals surface area contributed by atoms with Gasteiger partial charge in [-0.1, -0.05) is 17.9 Å². The fourth-order valence-electron chi connectivity index (χ4n) is 5.12. The number of carbonyl (C=O) groups excluding carboxylic acids is 1. The van der Waals surface area contributed by atoms with Crippen LogP contribution in [0, 0.1) is 18.8 Å². The lowest BCUT2D eigenvalue weighted by Crippen LogP contribution is -2.45. The van der Waals surface area contributed by atoms with Gasteiger partial charge in [0.25, 0.3) is 5.56 Å².